The summed E-state index contributed by atoms with van der Waals surface area (Å²) in [5, 5.41) is 1.50. The summed E-state index contributed by atoms with van der Waals surface area (Å²) in [4.78, 5) is 34.9. The normalized spacial score (nSPS) is 25.5. The van der Waals surface area contributed by atoms with E-state index in [2.05, 4.69) is 9.80 Å². The SMILES string of the molecule is CCc1c(F)ccc2cc(OCOC)cc(-c3nc4c5c(nc(OCC6(CN7C[C@H]8C[C@@H]7CO8)CC6)nc5c3F)N3C[C@H]5CC[C@@H]([C@H]3CO4)N5C(=O)OC(C)(C)C)c12. The predicted molar refractivity (Wildman–Crippen MR) is 210 cm³/mol. The molecule has 5 atom stereocenters. The molecule has 0 unspecified atom stereocenters. The molecular formula is C43H50F2N6O7. The van der Waals surface area contributed by atoms with Gasteiger partial charge in [-0.2, -0.15) is 9.97 Å². The number of carbonyl (C=O) groups excluding carboxylic acids is 1. The number of hydrogen-bond donors (Lipinski definition) is 0. The molecule has 308 valence electrons. The third-order valence-electron chi connectivity index (χ3n) is 12.9. The second-order valence-electron chi connectivity index (χ2n) is 17.9. The van der Waals surface area contributed by atoms with Gasteiger partial charge >= 0.3 is 12.1 Å². The average Bonchev–Trinajstić information content (AvgIpc) is 3.49. The van der Waals surface area contributed by atoms with Gasteiger partial charge in [0.2, 0.25) is 5.88 Å². The second-order valence-corrected chi connectivity index (χ2v) is 17.9. The van der Waals surface area contributed by atoms with Gasteiger partial charge in [-0.1, -0.05) is 13.0 Å². The maximum absolute atomic E-state index is 17.7. The highest BCUT2D eigenvalue weighted by molar-refractivity contribution is 6.03. The number of aryl methyl sites for hydroxylation is 1. The number of methoxy groups -OCH3 is 1. The molecule has 13 nitrogen and oxygen atoms in total. The lowest BCUT2D eigenvalue weighted by molar-refractivity contribution is 0.00537. The number of amides is 1. The van der Waals surface area contributed by atoms with E-state index in [-0.39, 0.29) is 66.1 Å². The van der Waals surface area contributed by atoms with Gasteiger partial charge in [-0.3, -0.25) is 9.80 Å². The Balaban J connectivity index is 1.09. The number of anilines is 1. The molecule has 5 aliphatic heterocycles. The van der Waals surface area contributed by atoms with Crippen LogP contribution in [0.5, 0.6) is 17.6 Å². The topological polar surface area (TPSA) is 121 Å². The number of benzene rings is 2. The van der Waals surface area contributed by atoms with Gasteiger partial charge in [-0.25, -0.2) is 18.6 Å². The highest BCUT2D eigenvalue weighted by Crippen LogP contribution is 2.50. The van der Waals surface area contributed by atoms with Crippen molar-refractivity contribution in [3.63, 3.8) is 0 Å². The minimum Gasteiger partial charge on any atom is -0.475 e. The molecule has 1 aliphatic carbocycles. The van der Waals surface area contributed by atoms with Crippen molar-refractivity contribution in [2.24, 2.45) is 5.41 Å². The van der Waals surface area contributed by atoms with Crippen LogP contribution in [0.15, 0.2) is 24.3 Å². The van der Waals surface area contributed by atoms with Crippen LogP contribution < -0.4 is 19.1 Å². The van der Waals surface area contributed by atoms with E-state index in [1.807, 2.05) is 32.6 Å². The van der Waals surface area contributed by atoms with Gasteiger partial charge < -0.3 is 33.3 Å². The van der Waals surface area contributed by atoms with Gasteiger partial charge in [0.1, 0.15) is 46.2 Å². The maximum Gasteiger partial charge on any atom is 0.410 e. The van der Waals surface area contributed by atoms with Gasteiger partial charge in [0.25, 0.3) is 0 Å². The lowest BCUT2D eigenvalue weighted by Gasteiger charge is -2.46. The zero-order valence-corrected chi connectivity index (χ0v) is 33.7. The molecule has 7 heterocycles. The molecule has 1 saturated carbocycles. The smallest absolute Gasteiger partial charge is 0.410 e. The van der Waals surface area contributed by atoms with Crippen LogP contribution in [0.4, 0.5) is 19.4 Å². The minimum atomic E-state index is -0.713. The Hall–Kier alpha value is -4.60. The van der Waals surface area contributed by atoms with Gasteiger partial charge in [-0.05, 0) is 93.8 Å². The number of halogens is 2. The third kappa shape index (κ3) is 6.44. The molecule has 6 aliphatic rings. The Labute approximate surface area is 335 Å². The molecular weight excluding hydrogens is 751 g/mol. The number of aromatic nitrogens is 3. The predicted octanol–water partition coefficient (Wildman–Crippen LogP) is 6.65. The monoisotopic (exact) mass is 800 g/mol. The van der Waals surface area contributed by atoms with Crippen LogP contribution in [0.2, 0.25) is 0 Å². The molecule has 0 N–H and O–H groups in total. The van der Waals surface area contributed by atoms with Crippen LogP contribution in [0.3, 0.4) is 0 Å². The van der Waals surface area contributed by atoms with Crippen LogP contribution in [0.25, 0.3) is 32.9 Å². The van der Waals surface area contributed by atoms with Crippen molar-refractivity contribution < 1.29 is 42.0 Å². The molecule has 5 fully saturated rings. The van der Waals surface area contributed by atoms with Crippen LogP contribution in [0, 0.1) is 17.0 Å². The first kappa shape index (κ1) is 37.7. The van der Waals surface area contributed by atoms with E-state index in [1.54, 1.807) is 18.2 Å². The number of ether oxygens (including phenoxy) is 6. The fourth-order valence-electron chi connectivity index (χ4n) is 9.98. The molecule has 4 saturated heterocycles. The summed E-state index contributed by atoms with van der Waals surface area (Å²) in [6.07, 6.45) is 4.93. The Bertz CT molecular complexity index is 2300. The molecule has 4 aromatic rings. The average molecular weight is 801 g/mol. The van der Waals surface area contributed by atoms with Crippen molar-refractivity contribution in [2.75, 3.05) is 58.3 Å². The highest BCUT2D eigenvalue weighted by Gasteiger charge is 2.53. The third-order valence-corrected chi connectivity index (χ3v) is 12.9. The summed E-state index contributed by atoms with van der Waals surface area (Å²) in [6.45, 7) is 11.0. The van der Waals surface area contributed by atoms with E-state index in [0.29, 0.717) is 70.6 Å². The minimum absolute atomic E-state index is 0.00719. The first-order valence-electron chi connectivity index (χ1n) is 20.6. The quantitative estimate of drug-likeness (QED) is 0.160. The Morgan fingerprint density at radius 2 is 1.84 bits per heavy atom. The Morgan fingerprint density at radius 1 is 1.00 bits per heavy atom. The lowest BCUT2D eigenvalue weighted by atomic mass is 9.94. The van der Waals surface area contributed by atoms with Gasteiger partial charge in [0, 0.05) is 43.8 Å². The van der Waals surface area contributed by atoms with Crippen LogP contribution >= 0.6 is 0 Å². The second kappa shape index (κ2) is 14.0. The molecule has 4 bridgehead atoms. The number of carbonyl (C=O) groups is 1. The summed E-state index contributed by atoms with van der Waals surface area (Å²) < 4.78 is 69.0. The summed E-state index contributed by atoms with van der Waals surface area (Å²) >= 11 is 0. The van der Waals surface area contributed by atoms with E-state index < -0.39 is 17.2 Å². The van der Waals surface area contributed by atoms with Crippen molar-refractivity contribution in [2.45, 2.75) is 102 Å². The molecule has 2 aromatic heterocycles. The van der Waals surface area contributed by atoms with Gasteiger partial charge in [0.15, 0.2) is 12.6 Å². The van der Waals surface area contributed by atoms with E-state index >= 15 is 8.78 Å². The van der Waals surface area contributed by atoms with Crippen LogP contribution in [-0.2, 0) is 20.6 Å². The van der Waals surface area contributed by atoms with E-state index in [1.165, 1.54) is 13.2 Å². The first-order valence-corrected chi connectivity index (χ1v) is 20.6. The molecule has 1 amide bonds. The van der Waals surface area contributed by atoms with Crippen molar-refractivity contribution in [1.29, 1.82) is 0 Å². The Morgan fingerprint density at radius 3 is 2.57 bits per heavy atom. The number of morpholine rings is 1. The lowest BCUT2D eigenvalue weighted by Crippen LogP contribution is -2.63. The number of hydrogen-bond acceptors (Lipinski definition) is 12. The molecule has 2 aromatic carbocycles. The zero-order chi connectivity index (χ0) is 40.1. The van der Waals surface area contributed by atoms with E-state index in [0.717, 1.165) is 51.8 Å². The molecule has 0 radical (unpaired) electrons. The number of likely N-dealkylation sites (tertiary alicyclic amines) is 1. The van der Waals surface area contributed by atoms with E-state index in [4.69, 9.17) is 43.4 Å². The summed E-state index contributed by atoms with van der Waals surface area (Å²) in [6, 6.07) is 6.27. The first-order chi connectivity index (χ1) is 27.9. The molecule has 0 spiro atoms. The number of piperazine rings is 1. The molecule has 15 heteroatoms. The Kier molecular flexibility index (Phi) is 9.10. The van der Waals surface area contributed by atoms with Crippen molar-refractivity contribution in [3.05, 3.63) is 41.5 Å². The number of rotatable bonds is 10. The standard InChI is InChI=1S/C43H50F2N6O7/c1-6-28-30(44)9-7-23-13-26(57-22-53-5)15-29(33(23)28)36-35(45)37-34-38(48-40(47-37)56-21-43(11-12-43)20-49-17-27-14-25(49)18-54-27)50-16-24-8-10-31(32(50)19-55-39(34)46-36)51(24)41(52)58-42(2,3)4/h7,9,13,15,24-25,27,31-32H,6,8,10-12,14,16-22H2,1-5H3/t24-,25-,27-,31+,32-/m1/s1. The molecule has 10 rings (SSSR count). The van der Waals surface area contributed by atoms with Gasteiger partial charge in [-0.15, -0.1) is 0 Å². The highest BCUT2D eigenvalue weighted by atomic mass is 19.1. The largest absolute Gasteiger partial charge is 0.475 e. The van der Waals surface area contributed by atoms with Crippen LogP contribution in [0.1, 0.15) is 65.4 Å². The number of nitrogens with zero attached hydrogens (tertiary/aromatic N) is 6. The number of pyridine rings is 1. The summed E-state index contributed by atoms with van der Waals surface area (Å²) in [5.74, 6) is -0.102. The van der Waals surface area contributed by atoms with E-state index in [9.17, 15) is 4.79 Å². The summed E-state index contributed by atoms with van der Waals surface area (Å²) in [5.41, 5.74) is -0.0188. The van der Waals surface area contributed by atoms with Crippen molar-refractivity contribution in [1.82, 2.24) is 24.8 Å². The fourth-order valence-corrected chi connectivity index (χ4v) is 9.98. The van der Waals surface area contributed by atoms with Crippen LogP contribution in [-0.4, -0.2) is 120 Å². The van der Waals surface area contributed by atoms with Crippen molar-refractivity contribution in [3.8, 4) is 28.9 Å². The fraction of sp³-hybridized carbons (Fsp3) is 0.581. The number of fused-ring (bicyclic) bond motifs is 8. The molecule has 58 heavy (non-hydrogen) atoms. The zero-order valence-electron chi connectivity index (χ0n) is 33.7. The van der Waals surface area contributed by atoms with Gasteiger partial charge in [0.05, 0.1) is 37.4 Å². The summed E-state index contributed by atoms with van der Waals surface area (Å²) in [7, 11) is 1.52. The van der Waals surface area contributed by atoms with Crippen molar-refractivity contribution >= 4 is 33.6 Å². The maximum atomic E-state index is 17.7.